The third-order valence-corrected chi connectivity index (χ3v) is 4.63. The molecule has 3 aromatic rings. The molecule has 146 valence electrons. The molecular weight excluding hydrogens is 376 g/mol. The molecule has 0 saturated heterocycles. The van der Waals surface area contributed by atoms with E-state index in [-0.39, 0.29) is 11.0 Å². The summed E-state index contributed by atoms with van der Waals surface area (Å²) in [7, 11) is 0. The summed E-state index contributed by atoms with van der Waals surface area (Å²) in [6.45, 7) is 6.52. The lowest BCUT2D eigenvalue weighted by molar-refractivity contribution is 0.0698. The fraction of sp³-hybridized carbons (Fsp3) is 0.238. The summed E-state index contributed by atoms with van der Waals surface area (Å²) in [6, 6.07) is 14.1. The predicted molar refractivity (Wildman–Crippen MR) is 112 cm³/mol. The van der Waals surface area contributed by atoms with Crippen molar-refractivity contribution in [3.8, 4) is 5.69 Å². The van der Waals surface area contributed by atoms with Crippen LogP contribution in [0.25, 0.3) is 5.69 Å². The van der Waals surface area contributed by atoms with Gasteiger partial charge in [-0.3, -0.25) is 0 Å². The number of hydrogen-bond acceptors (Lipinski definition) is 4. The van der Waals surface area contributed by atoms with Gasteiger partial charge in [0.05, 0.1) is 22.6 Å². The number of hydrogen-bond donors (Lipinski definition) is 3. The molecule has 4 N–H and O–H groups in total. The second-order valence-electron chi connectivity index (χ2n) is 7.53. The molecule has 0 aliphatic rings. The van der Waals surface area contributed by atoms with Crippen LogP contribution in [0.1, 0.15) is 42.4 Å². The third kappa shape index (κ3) is 4.03. The van der Waals surface area contributed by atoms with E-state index in [9.17, 15) is 9.90 Å². The quantitative estimate of drug-likeness (QED) is 0.578. The molecule has 0 unspecified atom stereocenters. The Bertz CT molecular complexity index is 1020. The zero-order valence-corrected chi connectivity index (χ0v) is 16.8. The van der Waals surface area contributed by atoms with Gasteiger partial charge in [0.1, 0.15) is 5.82 Å². The molecule has 1 heterocycles. The Morgan fingerprint density at radius 2 is 1.93 bits per heavy atom. The Morgan fingerprint density at radius 3 is 2.57 bits per heavy atom. The Kier molecular flexibility index (Phi) is 5.45. The van der Waals surface area contributed by atoms with Crippen LogP contribution in [-0.2, 0) is 12.0 Å². The van der Waals surface area contributed by atoms with E-state index in [1.165, 1.54) is 0 Å². The molecule has 6 nitrogen and oxygen atoms in total. The maximum Gasteiger partial charge on any atom is 0.337 e. The van der Waals surface area contributed by atoms with Crippen molar-refractivity contribution in [1.82, 2.24) is 9.78 Å². The van der Waals surface area contributed by atoms with Crippen LogP contribution in [0.4, 0.5) is 11.5 Å². The first-order valence-electron chi connectivity index (χ1n) is 8.89. The van der Waals surface area contributed by atoms with E-state index in [1.54, 1.807) is 41.1 Å². The van der Waals surface area contributed by atoms with Crippen LogP contribution in [0.3, 0.4) is 0 Å². The second-order valence-corrected chi connectivity index (χ2v) is 7.97. The van der Waals surface area contributed by atoms with Gasteiger partial charge in [-0.15, -0.1) is 0 Å². The van der Waals surface area contributed by atoms with Crippen molar-refractivity contribution in [2.45, 2.75) is 32.7 Å². The maximum atomic E-state index is 11.6. The summed E-state index contributed by atoms with van der Waals surface area (Å²) in [4.78, 5) is 11.6. The van der Waals surface area contributed by atoms with E-state index in [1.807, 2.05) is 12.1 Å². The van der Waals surface area contributed by atoms with Gasteiger partial charge in [0.15, 0.2) is 0 Å². The van der Waals surface area contributed by atoms with Gasteiger partial charge in [-0.05, 0) is 29.8 Å². The lowest BCUT2D eigenvalue weighted by Crippen LogP contribution is -2.13. The molecule has 0 amide bonds. The first-order valence-corrected chi connectivity index (χ1v) is 9.27. The minimum atomic E-state index is -1.00. The van der Waals surface area contributed by atoms with Gasteiger partial charge in [0.2, 0.25) is 0 Å². The maximum absolute atomic E-state index is 11.6. The Hall–Kier alpha value is -2.83. The van der Waals surface area contributed by atoms with Crippen LogP contribution >= 0.6 is 11.6 Å². The average Bonchev–Trinajstić information content (AvgIpc) is 3.06. The highest BCUT2D eigenvalue weighted by Gasteiger charge is 2.22. The summed E-state index contributed by atoms with van der Waals surface area (Å²) in [5, 5.41) is 18.0. The third-order valence-electron chi connectivity index (χ3n) is 4.39. The number of rotatable bonds is 5. The van der Waals surface area contributed by atoms with Crippen molar-refractivity contribution in [2.24, 2.45) is 5.73 Å². The van der Waals surface area contributed by atoms with Crippen molar-refractivity contribution in [2.75, 3.05) is 5.32 Å². The van der Waals surface area contributed by atoms with Crippen molar-refractivity contribution < 1.29 is 9.90 Å². The van der Waals surface area contributed by atoms with Gasteiger partial charge in [0, 0.05) is 23.0 Å². The van der Waals surface area contributed by atoms with Crippen molar-refractivity contribution in [3.05, 3.63) is 70.4 Å². The Balaban J connectivity index is 2.18. The highest BCUT2D eigenvalue weighted by molar-refractivity contribution is 6.30. The number of nitrogens with one attached hydrogen (secondary N) is 1. The summed E-state index contributed by atoms with van der Waals surface area (Å²) in [6.07, 6.45) is 0. The SMILES string of the molecule is CC(C)(C)c1cc(Nc2ccccc2C(=O)O)n(-c2cc(Cl)ccc2CN)n1. The molecule has 1 aromatic heterocycles. The predicted octanol–water partition coefficient (Wildman–Crippen LogP) is 4.72. The van der Waals surface area contributed by atoms with E-state index < -0.39 is 5.97 Å². The van der Waals surface area contributed by atoms with E-state index in [0.717, 1.165) is 16.9 Å². The topological polar surface area (TPSA) is 93.2 Å². The normalized spacial score (nSPS) is 11.5. The number of benzene rings is 2. The molecule has 7 heteroatoms. The second kappa shape index (κ2) is 7.66. The van der Waals surface area contributed by atoms with Gasteiger partial charge in [-0.2, -0.15) is 5.10 Å². The van der Waals surface area contributed by atoms with Crippen LogP contribution in [0, 0.1) is 0 Å². The number of para-hydroxylation sites is 1. The van der Waals surface area contributed by atoms with Crippen LogP contribution < -0.4 is 11.1 Å². The summed E-state index contributed by atoms with van der Waals surface area (Å²) in [5.41, 5.74) is 8.85. The highest BCUT2D eigenvalue weighted by atomic mass is 35.5. The van der Waals surface area contributed by atoms with Crippen LogP contribution in [0.15, 0.2) is 48.5 Å². The van der Waals surface area contributed by atoms with E-state index in [2.05, 4.69) is 26.1 Å². The standard InChI is InChI=1S/C21H23ClN4O2/c1-21(2,3)18-11-19(24-16-7-5-4-6-15(16)20(27)28)26(25-18)17-10-14(22)9-8-13(17)12-23/h4-11,24H,12,23H2,1-3H3,(H,27,28). The largest absolute Gasteiger partial charge is 0.478 e. The van der Waals surface area contributed by atoms with Crippen molar-refractivity contribution in [3.63, 3.8) is 0 Å². The average molecular weight is 399 g/mol. The van der Waals surface area contributed by atoms with Gasteiger partial charge < -0.3 is 16.2 Å². The Labute approximate surface area is 168 Å². The first kappa shape index (κ1) is 19.9. The molecule has 0 aliphatic carbocycles. The molecule has 2 aromatic carbocycles. The van der Waals surface area contributed by atoms with Crippen LogP contribution in [0.5, 0.6) is 0 Å². The molecule has 0 atom stereocenters. The van der Waals surface area contributed by atoms with Crippen LogP contribution in [-0.4, -0.2) is 20.9 Å². The minimum Gasteiger partial charge on any atom is -0.478 e. The lowest BCUT2D eigenvalue weighted by Gasteiger charge is -2.15. The van der Waals surface area contributed by atoms with E-state index >= 15 is 0 Å². The molecule has 28 heavy (non-hydrogen) atoms. The molecule has 3 rings (SSSR count). The number of carboxylic acid groups (broad SMARTS) is 1. The molecule has 0 bridgehead atoms. The highest BCUT2D eigenvalue weighted by Crippen LogP contribution is 2.31. The first-order chi connectivity index (χ1) is 13.2. The lowest BCUT2D eigenvalue weighted by atomic mass is 9.92. The number of carboxylic acids is 1. The number of aromatic carboxylic acids is 1. The zero-order chi connectivity index (χ0) is 20.5. The fourth-order valence-electron chi connectivity index (χ4n) is 2.84. The van der Waals surface area contributed by atoms with Crippen molar-refractivity contribution in [1.29, 1.82) is 0 Å². The van der Waals surface area contributed by atoms with Gasteiger partial charge >= 0.3 is 5.97 Å². The number of halogens is 1. The summed E-state index contributed by atoms with van der Waals surface area (Å²) < 4.78 is 1.73. The fourth-order valence-corrected chi connectivity index (χ4v) is 3.01. The number of nitrogens with zero attached hydrogens (tertiary/aromatic N) is 2. The van der Waals surface area contributed by atoms with Gasteiger partial charge in [-0.1, -0.05) is 50.6 Å². The molecule has 0 fully saturated rings. The zero-order valence-electron chi connectivity index (χ0n) is 16.0. The number of aromatic nitrogens is 2. The smallest absolute Gasteiger partial charge is 0.337 e. The van der Waals surface area contributed by atoms with E-state index in [4.69, 9.17) is 22.4 Å². The van der Waals surface area contributed by atoms with Crippen LogP contribution in [0.2, 0.25) is 5.02 Å². The van der Waals surface area contributed by atoms with Crippen molar-refractivity contribution >= 4 is 29.1 Å². The summed E-state index contributed by atoms with van der Waals surface area (Å²) >= 11 is 6.22. The molecule has 0 spiro atoms. The molecule has 0 saturated carbocycles. The number of anilines is 2. The molecular formula is C21H23ClN4O2. The molecule has 0 radical (unpaired) electrons. The number of carbonyl (C=O) groups is 1. The molecule has 0 aliphatic heterocycles. The van der Waals surface area contributed by atoms with Gasteiger partial charge in [0.25, 0.3) is 0 Å². The monoisotopic (exact) mass is 398 g/mol. The minimum absolute atomic E-state index is 0.178. The Morgan fingerprint density at radius 1 is 1.21 bits per heavy atom. The summed E-state index contributed by atoms with van der Waals surface area (Å²) in [5.74, 6) is -0.369. The van der Waals surface area contributed by atoms with Gasteiger partial charge in [-0.25, -0.2) is 9.48 Å². The van der Waals surface area contributed by atoms with E-state index in [0.29, 0.717) is 23.1 Å². The number of nitrogens with two attached hydrogens (primary N) is 1.